The highest BCUT2D eigenvalue weighted by Gasteiger charge is 2.21. The van der Waals surface area contributed by atoms with Crippen LogP contribution in [0.2, 0.25) is 0 Å². The minimum Gasteiger partial charge on any atom is -0.396 e. The summed E-state index contributed by atoms with van der Waals surface area (Å²) in [6.45, 7) is 4.84. The van der Waals surface area contributed by atoms with E-state index in [9.17, 15) is 4.79 Å². The van der Waals surface area contributed by atoms with Crippen LogP contribution in [-0.2, 0) is 4.79 Å². The molecule has 1 saturated heterocycles. The Balaban J connectivity index is 2.26. The van der Waals surface area contributed by atoms with E-state index in [1.165, 1.54) is 0 Å². The van der Waals surface area contributed by atoms with Crippen molar-refractivity contribution in [1.82, 2.24) is 10.3 Å². The molecule has 0 aromatic rings. The first kappa shape index (κ1) is 12.4. The zero-order valence-corrected chi connectivity index (χ0v) is 9.28. The second-order valence-corrected chi connectivity index (χ2v) is 4.34. The quantitative estimate of drug-likeness (QED) is 0.330. The molecule has 5 heteroatoms. The van der Waals surface area contributed by atoms with E-state index in [0.717, 1.165) is 32.5 Å². The van der Waals surface area contributed by atoms with Gasteiger partial charge < -0.3 is 10.0 Å². The standard InChI is InChI=1S/C10H21N3O2/c1-8(10(15)12-11)6-13-4-2-9(7-14)3-5-13/h8-9,14H,2-7,11H2,1H3,(H,12,15). The Morgan fingerprint density at radius 2 is 2.20 bits per heavy atom. The van der Waals surface area contributed by atoms with Crippen molar-refractivity contribution in [3.05, 3.63) is 0 Å². The summed E-state index contributed by atoms with van der Waals surface area (Å²) in [7, 11) is 0. The molecule has 5 nitrogen and oxygen atoms in total. The van der Waals surface area contributed by atoms with Crippen molar-refractivity contribution in [2.24, 2.45) is 17.7 Å². The Labute approximate surface area is 90.6 Å². The highest BCUT2D eigenvalue weighted by atomic mass is 16.3. The molecule has 1 aliphatic rings. The van der Waals surface area contributed by atoms with Crippen molar-refractivity contribution in [1.29, 1.82) is 0 Å². The number of nitrogens with one attached hydrogen (secondary N) is 1. The van der Waals surface area contributed by atoms with Gasteiger partial charge in [-0.15, -0.1) is 0 Å². The number of nitrogens with zero attached hydrogens (tertiary/aromatic N) is 1. The molecule has 0 aliphatic carbocycles. The van der Waals surface area contributed by atoms with Crippen LogP contribution in [-0.4, -0.2) is 42.2 Å². The van der Waals surface area contributed by atoms with Gasteiger partial charge in [0.2, 0.25) is 5.91 Å². The SMILES string of the molecule is CC(CN1CCC(CO)CC1)C(=O)NN. The molecule has 0 aromatic heterocycles. The smallest absolute Gasteiger partial charge is 0.237 e. The highest BCUT2D eigenvalue weighted by Crippen LogP contribution is 2.17. The van der Waals surface area contributed by atoms with Crippen LogP contribution in [0, 0.1) is 11.8 Å². The van der Waals surface area contributed by atoms with Gasteiger partial charge in [-0.25, -0.2) is 5.84 Å². The molecule has 1 fully saturated rings. The minimum atomic E-state index is -0.112. The fraction of sp³-hybridized carbons (Fsp3) is 0.900. The lowest BCUT2D eigenvalue weighted by atomic mass is 9.97. The Morgan fingerprint density at radius 1 is 1.60 bits per heavy atom. The van der Waals surface area contributed by atoms with Gasteiger partial charge in [-0.05, 0) is 31.8 Å². The summed E-state index contributed by atoms with van der Waals surface area (Å²) in [5, 5.41) is 8.99. The number of aliphatic hydroxyl groups excluding tert-OH is 1. The number of hydrazine groups is 1. The van der Waals surface area contributed by atoms with E-state index in [0.29, 0.717) is 5.92 Å². The van der Waals surface area contributed by atoms with Gasteiger partial charge in [-0.1, -0.05) is 6.92 Å². The number of aliphatic hydroxyl groups is 1. The summed E-state index contributed by atoms with van der Waals surface area (Å²) in [4.78, 5) is 13.5. The van der Waals surface area contributed by atoms with Crippen LogP contribution in [0.3, 0.4) is 0 Å². The minimum absolute atomic E-state index is 0.0688. The number of likely N-dealkylation sites (tertiary alicyclic amines) is 1. The number of amides is 1. The molecule has 1 aliphatic heterocycles. The maximum Gasteiger partial charge on any atom is 0.237 e. The average Bonchev–Trinajstić information content (AvgIpc) is 2.29. The Hall–Kier alpha value is -0.650. The molecule has 1 atom stereocenters. The molecule has 88 valence electrons. The van der Waals surface area contributed by atoms with Gasteiger partial charge in [-0.3, -0.25) is 10.2 Å². The molecule has 0 saturated carbocycles. The van der Waals surface area contributed by atoms with Crippen LogP contribution in [0.25, 0.3) is 0 Å². The Morgan fingerprint density at radius 3 is 2.67 bits per heavy atom. The largest absolute Gasteiger partial charge is 0.396 e. The number of carbonyl (C=O) groups is 1. The molecule has 0 spiro atoms. The van der Waals surface area contributed by atoms with E-state index < -0.39 is 0 Å². The number of hydrogen-bond acceptors (Lipinski definition) is 4. The third-order valence-corrected chi connectivity index (χ3v) is 3.09. The molecular formula is C10H21N3O2. The molecule has 1 amide bonds. The van der Waals surface area contributed by atoms with Crippen LogP contribution < -0.4 is 11.3 Å². The number of hydrogen-bond donors (Lipinski definition) is 3. The van der Waals surface area contributed by atoms with E-state index in [4.69, 9.17) is 10.9 Å². The molecule has 0 bridgehead atoms. The predicted molar refractivity (Wildman–Crippen MR) is 57.7 cm³/mol. The third-order valence-electron chi connectivity index (χ3n) is 3.09. The van der Waals surface area contributed by atoms with Crippen molar-refractivity contribution in [3.8, 4) is 0 Å². The van der Waals surface area contributed by atoms with Crippen molar-refractivity contribution in [2.45, 2.75) is 19.8 Å². The van der Waals surface area contributed by atoms with Crippen molar-refractivity contribution >= 4 is 5.91 Å². The number of nitrogens with two attached hydrogens (primary N) is 1. The summed E-state index contributed by atoms with van der Waals surface area (Å²) in [6.07, 6.45) is 2.04. The monoisotopic (exact) mass is 215 g/mol. The van der Waals surface area contributed by atoms with Gasteiger partial charge in [0, 0.05) is 19.1 Å². The van der Waals surface area contributed by atoms with E-state index in [-0.39, 0.29) is 18.4 Å². The molecule has 1 heterocycles. The van der Waals surface area contributed by atoms with Gasteiger partial charge in [0.15, 0.2) is 0 Å². The highest BCUT2D eigenvalue weighted by molar-refractivity contribution is 5.77. The molecule has 4 N–H and O–H groups in total. The maximum absolute atomic E-state index is 11.2. The summed E-state index contributed by atoms with van der Waals surface area (Å²) >= 11 is 0. The van der Waals surface area contributed by atoms with Crippen LogP contribution in [0.1, 0.15) is 19.8 Å². The first-order valence-corrected chi connectivity index (χ1v) is 5.51. The van der Waals surface area contributed by atoms with Crippen molar-refractivity contribution in [3.63, 3.8) is 0 Å². The van der Waals surface area contributed by atoms with E-state index in [1.807, 2.05) is 6.92 Å². The molecule has 0 aromatic carbocycles. The second kappa shape index (κ2) is 6.05. The van der Waals surface area contributed by atoms with Gasteiger partial charge in [0.1, 0.15) is 0 Å². The first-order chi connectivity index (χ1) is 7.17. The lowest BCUT2D eigenvalue weighted by Crippen LogP contribution is -2.43. The van der Waals surface area contributed by atoms with Gasteiger partial charge in [-0.2, -0.15) is 0 Å². The van der Waals surface area contributed by atoms with Crippen molar-refractivity contribution < 1.29 is 9.90 Å². The zero-order valence-electron chi connectivity index (χ0n) is 9.28. The zero-order chi connectivity index (χ0) is 11.3. The fourth-order valence-electron chi connectivity index (χ4n) is 1.96. The molecule has 15 heavy (non-hydrogen) atoms. The predicted octanol–water partition coefficient (Wildman–Crippen LogP) is -0.683. The number of carbonyl (C=O) groups excluding carboxylic acids is 1. The lowest BCUT2D eigenvalue weighted by Gasteiger charge is -2.32. The molecule has 1 rings (SSSR count). The van der Waals surface area contributed by atoms with E-state index in [2.05, 4.69) is 10.3 Å². The fourth-order valence-corrected chi connectivity index (χ4v) is 1.96. The van der Waals surface area contributed by atoms with Gasteiger partial charge in [0.05, 0.1) is 0 Å². The average molecular weight is 215 g/mol. The van der Waals surface area contributed by atoms with Gasteiger partial charge in [0.25, 0.3) is 0 Å². The van der Waals surface area contributed by atoms with Crippen LogP contribution in [0.15, 0.2) is 0 Å². The van der Waals surface area contributed by atoms with Crippen LogP contribution in [0.4, 0.5) is 0 Å². The first-order valence-electron chi connectivity index (χ1n) is 5.51. The Kier molecular flexibility index (Phi) is 5.01. The van der Waals surface area contributed by atoms with Crippen LogP contribution >= 0.6 is 0 Å². The molecule has 0 radical (unpaired) electrons. The summed E-state index contributed by atoms with van der Waals surface area (Å²) < 4.78 is 0. The third kappa shape index (κ3) is 3.77. The van der Waals surface area contributed by atoms with E-state index in [1.54, 1.807) is 0 Å². The Bertz CT molecular complexity index is 203. The van der Waals surface area contributed by atoms with Gasteiger partial charge >= 0.3 is 0 Å². The number of rotatable bonds is 4. The second-order valence-electron chi connectivity index (χ2n) is 4.34. The van der Waals surface area contributed by atoms with Crippen molar-refractivity contribution in [2.75, 3.05) is 26.2 Å². The summed E-state index contributed by atoms with van der Waals surface area (Å²) in [6, 6.07) is 0. The van der Waals surface area contributed by atoms with Crippen LogP contribution in [0.5, 0.6) is 0 Å². The summed E-state index contributed by atoms with van der Waals surface area (Å²) in [5.74, 6) is 5.33. The van der Waals surface area contributed by atoms with E-state index >= 15 is 0 Å². The number of piperidine rings is 1. The maximum atomic E-state index is 11.2. The molecule has 1 unspecified atom stereocenters. The molecular weight excluding hydrogens is 194 g/mol. The lowest BCUT2D eigenvalue weighted by molar-refractivity contribution is -0.125. The normalized spacial score (nSPS) is 21.3. The topological polar surface area (TPSA) is 78.6 Å². The summed E-state index contributed by atoms with van der Waals surface area (Å²) in [5.41, 5.74) is 2.17.